The number of aliphatic hydroxyl groups is 1. The van der Waals surface area contributed by atoms with Gasteiger partial charge in [-0.2, -0.15) is 0 Å². The summed E-state index contributed by atoms with van der Waals surface area (Å²) >= 11 is 0. The molecule has 5 nitrogen and oxygen atoms in total. The zero-order chi connectivity index (χ0) is 24.3. The van der Waals surface area contributed by atoms with Gasteiger partial charge in [0.15, 0.2) is 0 Å². The van der Waals surface area contributed by atoms with E-state index in [-0.39, 0.29) is 18.5 Å². The number of rotatable bonds is 7. The summed E-state index contributed by atoms with van der Waals surface area (Å²) < 4.78 is 19.5. The predicted molar refractivity (Wildman–Crippen MR) is 130 cm³/mol. The zero-order valence-electron chi connectivity index (χ0n) is 19.9. The van der Waals surface area contributed by atoms with Crippen molar-refractivity contribution in [3.8, 4) is 11.1 Å². The molecule has 1 fully saturated rings. The van der Waals surface area contributed by atoms with Gasteiger partial charge in [-0.25, -0.2) is 9.18 Å². The van der Waals surface area contributed by atoms with Gasteiger partial charge in [-0.05, 0) is 80.1 Å². The Morgan fingerprint density at radius 2 is 1.71 bits per heavy atom. The number of amides is 1. The van der Waals surface area contributed by atoms with Crippen molar-refractivity contribution in [3.05, 3.63) is 89.0 Å². The van der Waals surface area contributed by atoms with Gasteiger partial charge in [-0.1, -0.05) is 36.4 Å². The summed E-state index contributed by atoms with van der Waals surface area (Å²) in [7, 11) is 0. The first-order valence-corrected chi connectivity index (χ1v) is 11.7. The van der Waals surface area contributed by atoms with E-state index in [0.29, 0.717) is 25.8 Å². The number of aliphatic hydroxyl groups excluding tert-OH is 1. The number of aromatic nitrogens is 1. The summed E-state index contributed by atoms with van der Waals surface area (Å²) in [6.45, 7) is 6.48. The number of pyridine rings is 1. The molecule has 1 N–H and O–H groups in total. The Morgan fingerprint density at radius 1 is 1.06 bits per heavy atom. The van der Waals surface area contributed by atoms with Gasteiger partial charge in [0, 0.05) is 31.0 Å². The summed E-state index contributed by atoms with van der Waals surface area (Å²) in [4.78, 5) is 19.3. The molecule has 1 amide bonds. The van der Waals surface area contributed by atoms with Crippen molar-refractivity contribution in [2.24, 2.45) is 0 Å². The van der Waals surface area contributed by atoms with Crippen molar-refractivity contribution in [2.75, 3.05) is 13.2 Å². The van der Waals surface area contributed by atoms with E-state index in [1.165, 1.54) is 12.1 Å². The average molecular weight is 463 g/mol. The second kappa shape index (κ2) is 9.94. The number of carbonyl (C=O) groups is 1. The lowest BCUT2D eigenvalue weighted by atomic mass is 9.84. The molecule has 34 heavy (non-hydrogen) atoms. The number of cyclic esters (lactones) is 1. The lowest BCUT2D eigenvalue weighted by Crippen LogP contribution is -2.48. The second-order valence-corrected chi connectivity index (χ2v) is 9.08. The average Bonchev–Trinajstić information content (AvgIpc) is 2.82. The van der Waals surface area contributed by atoms with E-state index in [1.54, 1.807) is 17.0 Å². The molecular formula is C28H31FN2O3. The van der Waals surface area contributed by atoms with Gasteiger partial charge in [-0.15, -0.1) is 0 Å². The number of hydrogen-bond donors (Lipinski definition) is 1. The third kappa shape index (κ3) is 4.97. The minimum atomic E-state index is -0.856. The molecule has 178 valence electrons. The second-order valence-electron chi connectivity index (χ2n) is 9.08. The Morgan fingerprint density at radius 3 is 2.29 bits per heavy atom. The van der Waals surface area contributed by atoms with Crippen LogP contribution in [-0.2, 0) is 10.3 Å². The molecule has 0 saturated carbocycles. The standard InChI is InChI=1S/C28H31FN2O3/c1-19-17-24(18-20(2)30-19)23-7-5-22(6-8-23)21(3)31-15-14-28(13-4-16-32,34-27(31)33)25-9-11-26(29)12-10-25/h5-12,17-18,21,32H,4,13-16H2,1-3H3/t21-,28?/m0/s1. The molecule has 4 rings (SSSR count). The smallest absolute Gasteiger partial charge is 0.411 e. The normalized spacial score (nSPS) is 19.1. The zero-order valence-corrected chi connectivity index (χ0v) is 19.9. The molecule has 1 aliphatic heterocycles. The number of benzene rings is 2. The summed E-state index contributed by atoms with van der Waals surface area (Å²) in [6.07, 6.45) is 1.16. The Kier molecular flexibility index (Phi) is 6.98. The van der Waals surface area contributed by atoms with Crippen LogP contribution in [0.3, 0.4) is 0 Å². The molecule has 0 bridgehead atoms. The topological polar surface area (TPSA) is 62.7 Å². The van der Waals surface area contributed by atoms with Crippen LogP contribution in [0.15, 0.2) is 60.7 Å². The highest BCUT2D eigenvalue weighted by molar-refractivity contribution is 5.70. The third-order valence-corrected chi connectivity index (χ3v) is 6.66. The molecule has 2 atom stereocenters. The third-order valence-electron chi connectivity index (χ3n) is 6.66. The van der Waals surface area contributed by atoms with E-state index in [0.717, 1.165) is 33.6 Å². The number of halogens is 1. The molecule has 1 aliphatic rings. The Labute approximate surface area is 200 Å². The number of carbonyl (C=O) groups excluding carboxylic acids is 1. The number of nitrogens with zero attached hydrogens (tertiary/aromatic N) is 2. The monoisotopic (exact) mass is 462 g/mol. The SMILES string of the molecule is Cc1cc(-c2ccc([C@H](C)N3CCC(CCCO)(c4ccc(F)cc4)OC3=O)cc2)cc(C)n1. The fourth-order valence-electron chi connectivity index (χ4n) is 4.80. The minimum absolute atomic E-state index is 0.00346. The summed E-state index contributed by atoms with van der Waals surface area (Å²) in [5.74, 6) is -0.334. The molecule has 1 unspecified atom stereocenters. The molecule has 1 saturated heterocycles. The maximum atomic E-state index is 13.5. The predicted octanol–water partition coefficient (Wildman–Crippen LogP) is 6.08. The molecule has 2 heterocycles. The first kappa shape index (κ1) is 23.9. The van der Waals surface area contributed by atoms with Crippen LogP contribution in [0.2, 0.25) is 0 Å². The molecule has 0 radical (unpaired) electrons. The minimum Gasteiger partial charge on any atom is -0.438 e. The summed E-state index contributed by atoms with van der Waals surface area (Å²) in [5.41, 5.74) is 5.11. The van der Waals surface area contributed by atoms with E-state index in [1.807, 2.05) is 32.9 Å². The lowest BCUT2D eigenvalue weighted by molar-refractivity contribution is -0.0680. The molecule has 1 aromatic heterocycles. The van der Waals surface area contributed by atoms with Gasteiger partial charge >= 0.3 is 6.09 Å². The molecule has 2 aromatic carbocycles. The summed E-state index contributed by atoms with van der Waals surface area (Å²) in [5, 5.41) is 9.38. The van der Waals surface area contributed by atoms with Gasteiger partial charge in [0.05, 0.1) is 6.04 Å². The molecule has 6 heteroatoms. The first-order chi connectivity index (χ1) is 16.3. The van der Waals surface area contributed by atoms with Crippen molar-refractivity contribution in [1.29, 1.82) is 0 Å². The maximum absolute atomic E-state index is 13.5. The van der Waals surface area contributed by atoms with Crippen LogP contribution >= 0.6 is 0 Å². The maximum Gasteiger partial charge on any atom is 0.411 e. The van der Waals surface area contributed by atoms with Gasteiger partial charge in [0.2, 0.25) is 0 Å². The Balaban J connectivity index is 1.52. The molecular weight excluding hydrogens is 431 g/mol. The highest BCUT2D eigenvalue weighted by atomic mass is 19.1. The van der Waals surface area contributed by atoms with Gasteiger partial charge in [0.25, 0.3) is 0 Å². The van der Waals surface area contributed by atoms with Crippen LogP contribution in [-0.4, -0.2) is 34.2 Å². The van der Waals surface area contributed by atoms with Crippen LogP contribution in [0, 0.1) is 19.7 Å². The Bertz CT molecular complexity index is 1130. The van der Waals surface area contributed by atoms with Crippen molar-refractivity contribution in [2.45, 2.75) is 51.7 Å². The summed E-state index contributed by atoms with van der Waals surface area (Å²) in [6, 6.07) is 18.3. The molecule has 3 aromatic rings. The highest BCUT2D eigenvalue weighted by Crippen LogP contribution is 2.40. The van der Waals surface area contributed by atoms with Crippen molar-refractivity contribution in [3.63, 3.8) is 0 Å². The molecule has 0 aliphatic carbocycles. The van der Waals surface area contributed by atoms with Gasteiger partial charge in [-0.3, -0.25) is 4.98 Å². The Hall–Kier alpha value is -3.25. The lowest BCUT2D eigenvalue weighted by Gasteiger charge is -2.43. The largest absolute Gasteiger partial charge is 0.438 e. The number of hydrogen-bond acceptors (Lipinski definition) is 4. The quantitative estimate of drug-likeness (QED) is 0.462. The fourth-order valence-corrected chi connectivity index (χ4v) is 4.80. The van der Waals surface area contributed by atoms with Gasteiger partial charge < -0.3 is 14.7 Å². The number of ether oxygens (including phenoxy) is 1. The van der Waals surface area contributed by atoms with Crippen molar-refractivity contribution >= 4 is 6.09 Å². The van der Waals surface area contributed by atoms with Crippen molar-refractivity contribution in [1.82, 2.24) is 9.88 Å². The van der Waals surface area contributed by atoms with E-state index in [4.69, 9.17) is 4.74 Å². The van der Waals surface area contributed by atoms with Crippen LogP contribution in [0.5, 0.6) is 0 Å². The fraction of sp³-hybridized carbons (Fsp3) is 0.357. The van der Waals surface area contributed by atoms with Crippen molar-refractivity contribution < 1.29 is 19.0 Å². The van der Waals surface area contributed by atoms with Crippen LogP contribution < -0.4 is 0 Å². The first-order valence-electron chi connectivity index (χ1n) is 11.7. The van der Waals surface area contributed by atoms with E-state index in [9.17, 15) is 14.3 Å². The van der Waals surface area contributed by atoms with E-state index in [2.05, 4.69) is 29.2 Å². The van der Waals surface area contributed by atoms with E-state index < -0.39 is 11.7 Å². The van der Waals surface area contributed by atoms with Gasteiger partial charge in [0.1, 0.15) is 11.4 Å². The van der Waals surface area contributed by atoms with Crippen LogP contribution in [0.25, 0.3) is 11.1 Å². The highest BCUT2D eigenvalue weighted by Gasteiger charge is 2.43. The van der Waals surface area contributed by atoms with E-state index >= 15 is 0 Å². The van der Waals surface area contributed by atoms with Crippen LogP contribution in [0.4, 0.5) is 9.18 Å². The van der Waals surface area contributed by atoms with Crippen LogP contribution in [0.1, 0.15) is 54.7 Å². The molecule has 0 spiro atoms. The number of aryl methyl sites for hydroxylation is 2.